The lowest BCUT2D eigenvalue weighted by atomic mass is 10.1. The van der Waals surface area contributed by atoms with E-state index in [1.54, 1.807) is 7.11 Å². The summed E-state index contributed by atoms with van der Waals surface area (Å²) in [6.45, 7) is 2.17. The zero-order valence-corrected chi connectivity index (χ0v) is 12.1. The number of nitrogens with two attached hydrogens (primary N) is 1. The maximum Gasteiger partial charge on any atom is 0.123 e. The molecule has 3 rings (SSSR count). The van der Waals surface area contributed by atoms with Crippen molar-refractivity contribution in [3.63, 3.8) is 0 Å². The van der Waals surface area contributed by atoms with Crippen LogP contribution in [0.4, 0.5) is 0 Å². The van der Waals surface area contributed by atoms with Gasteiger partial charge in [-0.15, -0.1) is 0 Å². The van der Waals surface area contributed by atoms with Crippen LogP contribution in [0.25, 0.3) is 0 Å². The first-order valence-electron chi connectivity index (χ1n) is 6.88. The number of ether oxygens (including phenoxy) is 1. The van der Waals surface area contributed by atoms with Gasteiger partial charge in [0, 0.05) is 30.3 Å². The first-order chi connectivity index (χ1) is 9.17. The van der Waals surface area contributed by atoms with Gasteiger partial charge in [0.2, 0.25) is 0 Å². The van der Waals surface area contributed by atoms with Crippen molar-refractivity contribution in [1.82, 2.24) is 4.90 Å². The van der Waals surface area contributed by atoms with E-state index in [0.717, 1.165) is 29.8 Å². The zero-order chi connectivity index (χ0) is 13.4. The molecule has 4 heteroatoms. The minimum absolute atomic E-state index is 0.451. The highest BCUT2D eigenvalue weighted by molar-refractivity contribution is 7.80. The molecular formula is C15H20N2OS. The Kier molecular flexibility index (Phi) is 3.46. The lowest BCUT2D eigenvalue weighted by Gasteiger charge is -2.27. The van der Waals surface area contributed by atoms with Gasteiger partial charge in [-0.3, -0.25) is 4.90 Å². The third kappa shape index (κ3) is 2.47. The van der Waals surface area contributed by atoms with Crippen LogP contribution in [-0.2, 0) is 6.54 Å². The molecule has 2 aliphatic rings. The monoisotopic (exact) mass is 276 g/mol. The summed E-state index contributed by atoms with van der Waals surface area (Å²) in [6, 6.07) is 6.75. The molecule has 2 atom stereocenters. The van der Waals surface area contributed by atoms with Gasteiger partial charge in [0.05, 0.1) is 7.11 Å². The van der Waals surface area contributed by atoms with Crippen molar-refractivity contribution in [3.8, 4) is 5.75 Å². The molecule has 0 radical (unpaired) electrons. The molecule has 1 aromatic carbocycles. The Morgan fingerprint density at radius 1 is 1.47 bits per heavy atom. The van der Waals surface area contributed by atoms with Crippen molar-refractivity contribution in [2.75, 3.05) is 13.7 Å². The fourth-order valence-corrected chi connectivity index (χ4v) is 3.62. The minimum Gasteiger partial charge on any atom is -0.496 e. The van der Waals surface area contributed by atoms with E-state index in [2.05, 4.69) is 11.0 Å². The van der Waals surface area contributed by atoms with Crippen LogP contribution in [0.5, 0.6) is 5.75 Å². The van der Waals surface area contributed by atoms with Crippen molar-refractivity contribution in [2.24, 2.45) is 11.7 Å². The molecular weight excluding hydrogens is 256 g/mol. The van der Waals surface area contributed by atoms with Gasteiger partial charge in [-0.1, -0.05) is 12.2 Å². The molecule has 0 aromatic heterocycles. The largest absolute Gasteiger partial charge is 0.496 e. The lowest BCUT2D eigenvalue weighted by Crippen LogP contribution is -2.31. The third-order valence-electron chi connectivity index (χ3n) is 4.46. The highest BCUT2D eigenvalue weighted by atomic mass is 32.1. The second kappa shape index (κ2) is 5.10. The van der Waals surface area contributed by atoms with Crippen LogP contribution in [0.2, 0.25) is 0 Å². The minimum atomic E-state index is 0.451. The Morgan fingerprint density at radius 3 is 2.89 bits per heavy atom. The topological polar surface area (TPSA) is 38.5 Å². The van der Waals surface area contributed by atoms with Gasteiger partial charge in [0.25, 0.3) is 0 Å². The fraction of sp³-hybridized carbons (Fsp3) is 0.533. The van der Waals surface area contributed by atoms with E-state index in [1.165, 1.54) is 31.4 Å². The van der Waals surface area contributed by atoms with Gasteiger partial charge in [-0.2, -0.15) is 0 Å². The number of likely N-dealkylation sites (tertiary alicyclic amines) is 1. The number of fused-ring (bicyclic) bond motifs is 2. The lowest BCUT2D eigenvalue weighted by molar-refractivity contribution is 0.203. The van der Waals surface area contributed by atoms with E-state index in [1.807, 2.05) is 12.1 Å². The summed E-state index contributed by atoms with van der Waals surface area (Å²) >= 11 is 5.06. The molecule has 3 nitrogen and oxygen atoms in total. The Morgan fingerprint density at radius 2 is 2.32 bits per heavy atom. The SMILES string of the molecule is COc1ccc(C(N)=S)cc1CN1CC2CCC1C2. The van der Waals surface area contributed by atoms with Crippen LogP contribution >= 0.6 is 12.2 Å². The van der Waals surface area contributed by atoms with Gasteiger partial charge in [0.1, 0.15) is 10.7 Å². The summed E-state index contributed by atoms with van der Waals surface area (Å²) in [4.78, 5) is 3.03. The first-order valence-corrected chi connectivity index (χ1v) is 7.29. The number of thiocarbonyl (C=S) groups is 1. The van der Waals surface area contributed by atoms with Crippen LogP contribution < -0.4 is 10.5 Å². The molecule has 1 saturated heterocycles. The number of benzene rings is 1. The van der Waals surface area contributed by atoms with E-state index in [4.69, 9.17) is 22.7 Å². The number of rotatable bonds is 4. The molecule has 1 aliphatic heterocycles. The number of nitrogens with zero attached hydrogens (tertiary/aromatic N) is 1. The molecule has 0 amide bonds. The van der Waals surface area contributed by atoms with Gasteiger partial charge >= 0.3 is 0 Å². The standard InChI is InChI=1S/C15H20N2OS/c1-18-14-5-3-11(15(16)19)7-12(14)9-17-8-10-2-4-13(17)6-10/h3,5,7,10,13H,2,4,6,8-9H2,1H3,(H2,16,19). The molecule has 2 unspecified atom stereocenters. The summed E-state index contributed by atoms with van der Waals surface area (Å²) < 4.78 is 5.46. The number of hydrogen-bond donors (Lipinski definition) is 1. The van der Waals surface area contributed by atoms with Crippen molar-refractivity contribution < 1.29 is 4.74 Å². The van der Waals surface area contributed by atoms with Crippen molar-refractivity contribution in [2.45, 2.75) is 31.8 Å². The zero-order valence-electron chi connectivity index (χ0n) is 11.3. The van der Waals surface area contributed by atoms with E-state index >= 15 is 0 Å². The summed E-state index contributed by atoms with van der Waals surface area (Å²) in [5.74, 6) is 1.84. The third-order valence-corrected chi connectivity index (χ3v) is 4.70. The van der Waals surface area contributed by atoms with E-state index in [9.17, 15) is 0 Å². The molecule has 1 aliphatic carbocycles. The average Bonchev–Trinajstić information content (AvgIpc) is 3.01. The summed E-state index contributed by atoms with van der Waals surface area (Å²) in [7, 11) is 1.72. The molecule has 1 saturated carbocycles. The van der Waals surface area contributed by atoms with Crippen LogP contribution in [0, 0.1) is 5.92 Å². The Hall–Kier alpha value is -1.13. The van der Waals surface area contributed by atoms with Gasteiger partial charge in [0.15, 0.2) is 0 Å². The highest BCUT2D eigenvalue weighted by Gasteiger charge is 2.37. The number of piperidine rings is 1. The molecule has 2 N–H and O–H groups in total. The second-order valence-corrected chi connectivity index (χ2v) is 6.09. The smallest absolute Gasteiger partial charge is 0.123 e. The summed E-state index contributed by atoms with van der Waals surface area (Å²) in [6.07, 6.45) is 4.13. The van der Waals surface area contributed by atoms with Crippen molar-refractivity contribution in [1.29, 1.82) is 0 Å². The summed E-state index contributed by atoms with van der Waals surface area (Å²) in [5.41, 5.74) is 7.84. The predicted molar refractivity (Wildman–Crippen MR) is 80.4 cm³/mol. The molecule has 19 heavy (non-hydrogen) atoms. The maximum atomic E-state index is 5.72. The summed E-state index contributed by atoms with van der Waals surface area (Å²) in [5, 5.41) is 0. The van der Waals surface area contributed by atoms with Crippen LogP contribution in [0.15, 0.2) is 18.2 Å². The van der Waals surface area contributed by atoms with E-state index in [-0.39, 0.29) is 0 Å². The van der Waals surface area contributed by atoms with Gasteiger partial charge in [-0.05, 0) is 43.4 Å². The highest BCUT2D eigenvalue weighted by Crippen LogP contribution is 2.38. The molecule has 1 heterocycles. The van der Waals surface area contributed by atoms with E-state index in [0.29, 0.717) is 4.99 Å². The van der Waals surface area contributed by atoms with E-state index < -0.39 is 0 Å². The van der Waals surface area contributed by atoms with Crippen LogP contribution in [0.1, 0.15) is 30.4 Å². The number of hydrogen-bond acceptors (Lipinski definition) is 3. The van der Waals surface area contributed by atoms with Gasteiger partial charge in [-0.25, -0.2) is 0 Å². The fourth-order valence-electron chi connectivity index (χ4n) is 3.49. The Balaban J connectivity index is 1.82. The number of methoxy groups -OCH3 is 1. The maximum absolute atomic E-state index is 5.72. The normalized spacial score (nSPS) is 25.7. The Labute approximate surface area is 119 Å². The molecule has 102 valence electrons. The van der Waals surface area contributed by atoms with Crippen molar-refractivity contribution >= 4 is 17.2 Å². The first kappa shape index (κ1) is 12.9. The molecule has 2 bridgehead atoms. The van der Waals surface area contributed by atoms with Crippen LogP contribution in [-0.4, -0.2) is 29.6 Å². The quantitative estimate of drug-likeness (QED) is 0.857. The molecule has 0 spiro atoms. The van der Waals surface area contributed by atoms with Gasteiger partial charge < -0.3 is 10.5 Å². The second-order valence-electron chi connectivity index (χ2n) is 5.65. The molecule has 2 fully saturated rings. The molecule has 1 aromatic rings. The Bertz CT molecular complexity index is 503. The van der Waals surface area contributed by atoms with Crippen molar-refractivity contribution in [3.05, 3.63) is 29.3 Å². The van der Waals surface area contributed by atoms with Crippen LogP contribution in [0.3, 0.4) is 0 Å². The average molecular weight is 276 g/mol. The predicted octanol–water partition coefficient (Wildman–Crippen LogP) is 2.31.